The van der Waals surface area contributed by atoms with Crippen LogP contribution in [0.25, 0.3) is 0 Å². The average Bonchev–Trinajstić information content (AvgIpc) is 2.39. The average molecular weight is 247 g/mol. The quantitative estimate of drug-likeness (QED) is 0.877. The van der Waals surface area contributed by atoms with Crippen LogP contribution in [0.15, 0.2) is 24.3 Å². The normalized spacial score (nSPS) is 25.9. The summed E-state index contributed by atoms with van der Waals surface area (Å²) in [6, 6.07) is 9.87. The number of rotatable bonds is 4. The van der Waals surface area contributed by atoms with Crippen molar-refractivity contribution in [2.24, 2.45) is 0 Å². The van der Waals surface area contributed by atoms with Crippen LogP contribution in [-0.2, 0) is 4.74 Å². The molecule has 1 fully saturated rings. The molecular weight excluding hydrogens is 222 g/mol. The summed E-state index contributed by atoms with van der Waals surface area (Å²) in [5.74, 6) is 0. The van der Waals surface area contributed by atoms with E-state index in [1.807, 2.05) is 7.11 Å². The fourth-order valence-electron chi connectivity index (χ4n) is 2.85. The fraction of sp³-hybridized carbons (Fsp3) is 0.625. The monoisotopic (exact) mass is 247 g/mol. The molecular formula is C16H25NO. The smallest absolute Gasteiger partial charge is 0.0572 e. The third-order valence-electron chi connectivity index (χ3n) is 4.04. The summed E-state index contributed by atoms with van der Waals surface area (Å²) in [6.45, 7) is 4.41. The molecule has 2 nitrogen and oxygen atoms in total. The van der Waals surface area contributed by atoms with E-state index in [9.17, 15) is 0 Å². The molecule has 1 aliphatic carbocycles. The zero-order valence-corrected chi connectivity index (χ0v) is 11.8. The minimum Gasteiger partial charge on any atom is -0.381 e. The van der Waals surface area contributed by atoms with Crippen LogP contribution in [0.1, 0.15) is 49.8 Å². The van der Waals surface area contributed by atoms with Gasteiger partial charge in [0, 0.05) is 19.2 Å². The van der Waals surface area contributed by atoms with Crippen LogP contribution in [-0.4, -0.2) is 19.3 Å². The highest BCUT2D eigenvalue weighted by atomic mass is 16.5. The predicted octanol–water partition coefficient (Wildman–Crippen LogP) is 3.60. The number of hydrogen-bond acceptors (Lipinski definition) is 2. The lowest BCUT2D eigenvalue weighted by Crippen LogP contribution is -2.36. The van der Waals surface area contributed by atoms with Gasteiger partial charge in [0.05, 0.1) is 6.10 Å². The van der Waals surface area contributed by atoms with Crippen molar-refractivity contribution in [2.75, 3.05) is 7.11 Å². The summed E-state index contributed by atoms with van der Waals surface area (Å²) < 4.78 is 5.42. The Kier molecular flexibility index (Phi) is 4.79. The highest BCUT2D eigenvalue weighted by Crippen LogP contribution is 2.23. The summed E-state index contributed by atoms with van der Waals surface area (Å²) in [6.07, 6.45) is 5.32. The fourth-order valence-corrected chi connectivity index (χ4v) is 2.85. The van der Waals surface area contributed by atoms with Crippen LogP contribution in [0.2, 0.25) is 0 Å². The van der Waals surface area contributed by atoms with Gasteiger partial charge in [0.1, 0.15) is 0 Å². The van der Waals surface area contributed by atoms with E-state index in [0.717, 1.165) is 0 Å². The Balaban J connectivity index is 1.86. The molecule has 18 heavy (non-hydrogen) atoms. The molecule has 1 aliphatic rings. The van der Waals surface area contributed by atoms with E-state index >= 15 is 0 Å². The van der Waals surface area contributed by atoms with Gasteiger partial charge >= 0.3 is 0 Å². The summed E-state index contributed by atoms with van der Waals surface area (Å²) in [5, 5.41) is 3.75. The molecule has 1 aromatic rings. The first-order valence-electron chi connectivity index (χ1n) is 7.04. The Morgan fingerprint density at radius 3 is 2.56 bits per heavy atom. The molecule has 0 heterocycles. The van der Waals surface area contributed by atoms with E-state index in [1.165, 1.54) is 36.8 Å². The summed E-state index contributed by atoms with van der Waals surface area (Å²) in [5.41, 5.74) is 2.73. The molecule has 1 saturated carbocycles. The van der Waals surface area contributed by atoms with Gasteiger partial charge in [-0.05, 0) is 45.1 Å². The minimum atomic E-state index is 0.439. The summed E-state index contributed by atoms with van der Waals surface area (Å²) in [7, 11) is 1.83. The standard InChI is InChI=1S/C16H25NO/c1-12-5-4-6-14(11-12)13(2)17-15-7-9-16(18-3)10-8-15/h4-6,11,13,15-17H,7-10H2,1-3H3/t13-,15?,16?/m1/s1. The lowest BCUT2D eigenvalue weighted by Gasteiger charge is -2.30. The van der Waals surface area contributed by atoms with E-state index < -0.39 is 0 Å². The lowest BCUT2D eigenvalue weighted by molar-refractivity contribution is 0.0614. The number of ether oxygens (including phenoxy) is 1. The van der Waals surface area contributed by atoms with Crippen LogP contribution < -0.4 is 5.32 Å². The first kappa shape index (κ1) is 13.6. The Morgan fingerprint density at radius 2 is 1.94 bits per heavy atom. The molecule has 0 amide bonds. The Bertz CT molecular complexity index is 369. The van der Waals surface area contributed by atoms with Gasteiger partial charge in [-0.2, -0.15) is 0 Å². The molecule has 0 aliphatic heterocycles. The topological polar surface area (TPSA) is 21.3 Å². The van der Waals surface area contributed by atoms with Crippen LogP contribution in [0.5, 0.6) is 0 Å². The van der Waals surface area contributed by atoms with Gasteiger partial charge in [0.15, 0.2) is 0 Å². The van der Waals surface area contributed by atoms with Crippen molar-refractivity contribution in [2.45, 2.75) is 57.7 Å². The third kappa shape index (κ3) is 3.56. The molecule has 0 aromatic heterocycles. The number of aryl methyl sites for hydroxylation is 1. The van der Waals surface area contributed by atoms with E-state index in [1.54, 1.807) is 0 Å². The van der Waals surface area contributed by atoms with Gasteiger partial charge in [-0.3, -0.25) is 0 Å². The second kappa shape index (κ2) is 6.35. The predicted molar refractivity (Wildman–Crippen MR) is 75.8 cm³/mol. The molecule has 0 spiro atoms. The zero-order valence-electron chi connectivity index (χ0n) is 11.8. The van der Waals surface area contributed by atoms with Crippen LogP contribution in [0.4, 0.5) is 0 Å². The molecule has 2 rings (SSSR count). The maximum atomic E-state index is 5.42. The van der Waals surface area contributed by atoms with Gasteiger partial charge in [0.2, 0.25) is 0 Å². The summed E-state index contributed by atoms with van der Waals surface area (Å²) >= 11 is 0. The highest BCUT2D eigenvalue weighted by Gasteiger charge is 2.22. The molecule has 0 saturated heterocycles. The van der Waals surface area contributed by atoms with Gasteiger partial charge < -0.3 is 10.1 Å². The minimum absolute atomic E-state index is 0.439. The van der Waals surface area contributed by atoms with Gasteiger partial charge in [0.25, 0.3) is 0 Å². The molecule has 0 unspecified atom stereocenters. The van der Waals surface area contributed by atoms with Crippen molar-refractivity contribution >= 4 is 0 Å². The van der Waals surface area contributed by atoms with Crippen molar-refractivity contribution in [1.29, 1.82) is 0 Å². The summed E-state index contributed by atoms with van der Waals surface area (Å²) in [4.78, 5) is 0. The van der Waals surface area contributed by atoms with Crippen LogP contribution in [0, 0.1) is 6.92 Å². The Hall–Kier alpha value is -0.860. The number of benzene rings is 1. The SMILES string of the molecule is COC1CCC(N[C@H](C)c2cccc(C)c2)CC1. The number of methoxy groups -OCH3 is 1. The van der Waals surface area contributed by atoms with Crippen LogP contribution >= 0.6 is 0 Å². The van der Waals surface area contributed by atoms with Gasteiger partial charge in [-0.25, -0.2) is 0 Å². The first-order chi connectivity index (χ1) is 8.69. The van der Waals surface area contributed by atoms with E-state index in [4.69, 9.17) is 4.74 Å². The number of hydrogen-bond donors (Lipinski definition) is 1. The van der Waals surface area contributed by atoms with Crippen LogP contribution in [0.3, 0.4) is 0 Å². The van der Waals surface area contributed by atoms with Crippen molar-refractivity contribution in [3.8, 4) is 0 Å². The maximum absolute atomic E-state index is 5.42. The van der Waals surface area contributed by atoms with E-state index in [0.29, 0.717) is 18.2 Å². The second-order valence-electron chi connectivity index (χ2n) is 5.51. The molecule has 1 aromatic carbocycles. The number of nitrogens with one attached hydrogen (secondary N) is 1. The molecule has 1 atom stereocenters. The van der Waals surface area contributed by atoms with Gasteiger partial charge in [-0.15, -0.1) is 0 Å². The first-order valence-corrected chi connectivity index (χ1v) is 7.04. The molecule has 100 valence electrons. The molecule has 1 N–H and O–H groups in total. The maximum Gasteiger partial charge on any atom is 0.0572 e. The van der Waals surface area contributed by atoms with Gasteiger partial charge in [-0.1, -0.05) is 29.8 Å². The van der Waals surface area contributed by atoms with Crippen molar-refractivity contribution in [3.63, 3.8) is 0 Å². The molecule has 0 radical (unpaired) electrons. The highest BCUT2D eigenvalue weighted by molar-refractivity contribution is 5.24. The lowest BCUT2D eigenvalue weighted by atomic mass is 9.92. The third-order valence-corrected chi connectivity index (χ3v) is 4.04. The van der Waals surface area contributed by atoms with E-state index in [-0.39, 0.29) is 0 Å². The van der Waals surface area contributed by atoms with Crippen molar-refractivity contribution in [1.82, 2.24) is 5.32 Å². The molecule has 2 heteroatoms. The largest absolute Gasteiger partial charge is 0.381 e. The second-order valence-corrected chi connectivity index (χ2v) is 5.51. The van der Waals surface area contributed by atoms with Crippen molar-refractivity contribution < 1.29 is 4.74 Å². The van der Waals surface area contributed by atoms with E-state index in [2.05, 4.69) is 43.4 Å². The zero-order chi connectivity index (χ0) is 13.0. The molecule has 0 bridgehead atoms. The Labute approximate surface area is 111 Å². The Morgan fingerprint density at radius 1 is 1.22 bits per heavy atom. The van der Waals surface area contributed by atoms with Crippen molar-refractivity contribution in [3.05, 3.63) is 35.4 Å².